The minimum absolute atomic E-state index is 0. The van der Waals surface area contributed by atoms with E-state index in [-0.39, 0.29) is 36.8 Å². The molecule has 0 saturated carbocycles. The van der Waals surface area contributed by atoms with Crippen LogP contribution in [0.1, 0.15) is 22.4 Å². The van der Waals surface area contributed by atoms with Crippen LogP contribution in [0.4, 0.5) is 0 Å². The van der Waals surface area contributed by atoms with Gasteiger partial charge < -0.3 is 15.8 Å². The zero-order valence-electron chi connectivity index (χ0n) is 11.9. The van der Waals surface area contributed by atoms with Crippen molar-refractivity contribution in [3.8, 4) is 0 Å². The van der Waals surface area contributed by atoms with Gasteiger partial charge in [-0.15, -0.1) is 36.2 Å². The second-order valence-corrected chi connectivity index (χ2v) is 5.56. The fourth-order valence-corrected chi connectivity index (χ4v) is 2.68. The summed E-state index contributed by atoms with van der Waals surface area (Å²) in [5, 5.41) is 5.50. The number of nitrogens with one attached hydrogen (secondary N) is 1. The van der Waals surface area contributed by atoms with Crippen molar-refractivity contribution in [1.29, 1.82) is 0 Å². The highest BCUT2D eigenvalue weighted by Crippen LogP contribution is 2.09. The number of aromatic nitrogens is 1. The Morgan fingerprint density at radius 2 is 2.19 bits per heavy atom. The Kier molecular flexibility index (Phi) is 10.1. The van der Waals surface area contributed by atoms with Crippen LogP contribution in [0.2, 0.25) is 0 Å². The molecule has 2 rings (SSSR count). The molecule has 2 heterocycles. The van der Waals surface area contributed by atoms with Gasteiger partial charge in [-0.3, -0.25) is 9.69 Å². The van der Waals surface area contributed by atoms with E-state index in [1.807, 2.05) is 6.92 Å². The van der Waals surface area contributed by atoms with Gasteiger partial charge in [0, 0.05) is 37.6 Å². The lowest BCUT2D eigenvalue weighted by atomic mass is 10.2. The molecule has 1 fully saturated rings. The Morgan fingerprint density at radius 1 is 1.52 bits per heavy atom. The van der Waals surface area contributed by atoms with Crippen LogP contribution in [0.3, 0.4) is 0 Å². The largest absolute Gasteiger partial charge is 0.379 e. The molecule has 0 spiro atoms. The van der Waals surface area contributed by atoms with Crippen molar-refractivity contribution in [3.63, 3.8) is 0 Å². The minimum atomic E-state index is -0.128. The number of morpholine rings is 1. The molecule has 0 bridgehead atoms. The Bertz CT molecular complexity index is 427. The van der Waals surface area contributed by atoms with Gasteiger partial charge in [-0.1, -0.05) is 0 Å². The van der Waals surface area contributed by atoms with E-state index in [1.165, 1.54) is 11.3 Å². The first-order valence-corrected chi connectivity index (χ1v) is 7.32. The molecule has 21 heavy (non-hydrogen) atoms. The predicted octanol–water partition coefficient (Wildman–Crippen LogP) is 0.896. The van der Waals surface area contributed by atoms with Crippen LogP contribution < -0.4 is 11.1 Å². The number of carbonyl (C=O) groups is 1. The lowest BCUT2D eigenvalue weighted by molar-refractivity contribution is 0.0342. The zero-order valence-corrected chi connectivity index (χ0v) is 14.4. The topological polar surface area (TPSA) is 80.5 Å². The molecule has 122 valence electrons. The first-order valence-electron chi connectivity index (χ1n) is 6.44. The summed E-state index contributed by atoms with van der Waals surface area (Å²) in [7, 11) is 0. The molecule has 1 aliphatic rings. The number of nitrogens with zero attached hydrogens (tertiary/aromatic N) is 2. The molecule has 0 aliphatic carbocycles. The minimum Gasteiger partial charge on any atom is -0.379 e. The van der Waals surface area contributed by atoms with Crippen LogP contribution in [0.15, 0.2) is 5.38 Å². The summed E-state index contributed by atoms with van der Waals surface area (Å²) < 4.78 is 5.30. The quantitative estimate of drug-likeness (QED) is 0.818. The van der Waals surface area contributed by atoms with Crippen molar-refractivity contribution in [3.05, 3.63) is 16.1 Å². The van der Waals surface area contributed by atoms with Crippen LogP contribution in [-0.2, 0) is 11.3 Å². The molecule has 1 aromatic heterocycles. The van der Waals surface area contributed by atoms with Gasteiger partial charge in [0.25, 0.3) is 5.91 Å². The Morgan fingerprint density at radius 3 is 2.76 bits per heavy atom. The molecular weight excluding hydrogens is 335 g/mol. The summed E-state index contributed by atoms with van der Waals surface area (Å²) in [4.78, 5) is 18.4. The summed E-state index contributed by atoms with van der Waals surface area (Å²) >= 11 is 1.42. The van der Waals surface area contributed by atoms with Crippen molar-refractivity contribution >= 4 is 42.1 Å². The maximum Gasteiger partial charge on any atom is 0.271 e. The van der Waals surface area contributed by atoms with Gasteiger partial charge in [0.2, 0.25) is 0 Å². The number of thiazole rings is 1. The number of carbonyl (C=O) groups excluding carboxylic acids is 1. The number of hydrogen-bond donors (Lipinski definition) is 2. The predicted molar refractivity (Wildman–Crippen MR) is 88.7 cm³/mol. The van der Waals surface area contributed by atoms with E-state index in [0.717, 1.165) is 37.9 Å². The maximum absolute atomic E-state index is 12.0. The van der Waals surface area contributed by atoms with Crippen LogP contribution in [0, 0.1) is 0 Å². The summed E-state index contributed by atoms with van der Waals surface area (Å²) in [6, 6.07) is 0.0913. The highest BCUT2D eigenvalue weighted by atomic mass is 35.5. The van der Waals surface area contributed by atoms with E-state index in [2.05, 4.69) is 15.2 Å². The van der Waals surface area contributed by atoms with Gasteiger partial charge in [0.1, 0.15) is 10.7 Å². The first-order chi connectivity index (χ1) is 9.19. The van der Waals surface area contributed by atoms with Gasteiger partial charge in [-0.2, -0.15) is 0 Å². The molecule has 1 aliphatic heterocycles. The van der Waals surface area contributed by atoms with E-state index >= 15 is 0 Å². The Hall–Kier alpha value is -0.440. The van der Waals surface area contributed by atoms with Crippen LogP contribution >= 0.6 is 36.2 Å². The first kappa shape index (κ1) is 20.6. The lowest BCUT2D eigenvalue weighted by Gasteiger charge is -2.29. The third-order valence-corrected chi connectivity index (χ3v) is 3.84. The van der Waals surface area contributed by atoms with Crippen LogP contribution in [0.25, 0.3) is 0 Å². The Labute approximate surface area is 141 Å². The summed E-state index contributed by atoms with van der Waals surface area (Å²) in [5.74, 6) is -0.128. The summed E-state index contributed by atoms with van der Waals surface area (Å²) in [6.45, 7) is 6.61. The standard InChI is InChI=1S/C12H20N4O2S.2ClH/c1-9(7-16-2-4-18-5-3-16)14-12(17)10-8-19-11(6-13)15-10;;/h8-9H,2-7,13H2,1H3,(H,14,17);2*1H. The fraction of sp³-hybridized carbons (Fsp3) is 0.667. The third kappa shape index (κ3) is 6.46. The van der Waals surface area contributed by atoms with E-state index in [9.17, 15) is 4.79 Å². The van der Waals surface area contributed by atoms with E-state index < -0.39 is 0 Å². The van der Waals surface area contributed by atoms with Crippen molar-refractivity contribution < 1.29 is 9.53 Å². The second-order valence-electron chi connectivity index (χ2n) is 4.62. The molecule has 1 saturated heterocycles. The smallest absolute Gasteiger partial charge is 0.271 e. The highest BCUT2D eigenvalue weighted by molar-refractivity contribution is 7.09. The molecule has 0 radical (unpaired) electrons. The SMILES string of the molecule is CC(CN1CCOCC1)NC(=O)c1csc(CN)n1.Cl.Cl. The summed E-state index contributed by atoms with van der Waals surface area (Å²) in [6.07, 6.45) is 0. The third-order valence-electron chi connectivity index (χ3n) is 2.97. The average Bonchev–Trinajstić information content (AvgIpc) is 2.88. The zero-order chi connectivity index (χ0) is 13.7. The molecule has 3 N–H and O–H groups in total. The molecule has 1 unspecified atom stereocenters. The average molecular weight is 357 g/mol. The van der Waals surface area contributed by atoms with Gasteiger partial charge >= 0.3 is 0 Å². The summed E-state index contributed by atoms with van der Waals surface area (Å²) in [5.41, 5.74) is 5.94. The van der Waals surface area contributed by atoms with E-state index in [0.29, 0.717) is 12.2 Å². The normalized spacial score (nSPS) is 16.5. The van der Waals surface area contributed by atoms with Gasteiger partial charge in [0.15, 0.2) is 0 Å². The second kappa shape index (κ2) is 10.3. The number of ether oxygens (including phenoxy) is 1. The number of rotatable bonds is 5. The van der Waals surface area contributed by atoms with Crippen molar-refractivity contribution in [2.45, 2.75) is 19.5 Å². The van der Waals surface area contributed by atoms with Crippen LogP contribution in [-0.4, -0.2) is 54.7 Å². The van der Waals surface area contributed by atoms with Gasteiger partial charge in [-0.25, -0.2) is 4.98 Å². The fourth-order valence-electron chi connectivity index (χ4n) is 2.02. The van der Waals surface area contributed by atoms with E-state index in [4.69, 9.17) is 10.5 Å². The number of amides is 1. The number of nitrogens with two attached hydrogens (primary N) is 1. The number of halogens is 2. The van der Waals surface area contributed by atoms with Gasteiger partial charge in [0.05, 0.1) is 13.2 Å². The molecule has 1 aromatic rings. The monoisotopic (exact) mass is 356 g/mol. The van der Waals surface area contributed by atoms with Crippen LogP contribution in [0.5, 0.6) is 0 Å². The maximum atomic E-state index is 12.0. The van der Waals surface area contributed by atoms with Crippen molar-refractivity contribution in [2.75, 3.05) is 32.8 Å². The lowest BCUT2D eigenvalue weighted by Crippen LogP contribution is -2.46. The molecule has 0 aromatic carbocycles. The molecule has 6 nitrogen and oxygen atoms in total. The molecule has 1 atom stereocenters. The van der Waals surface area contributed by atoms with Gasteiger partial charge in [-0.05, 0) is 6.92 Å². The van der Waals surface area contributed by atoms with Crippen molar-refractivity contribution in [1.82, 2.24) is 15.2 Å². The van der Waals surface area contributed by atoms with Crippen molar-refractivity contribution in [2.24, 2.45) is 5.73 Å². The Balaban J connectivity index is 0.00000200. The molecular formula is C12H22Cl2N4O2S. The highest BCUT2D eigenvalue weighted by Gasteiger charge is 2.17. The molecule has 9 heteroatoms. The number of hydrogen-bond acceptors (Lipinski definition) is 6. The molecule has 1 amide bonds. The van der Waals surface area contributed by atoms with E-state index in [1.54, 1.807) is 5.38 Å².